The summed E-state index contributed by atoms with van der Waals surface area (Å²) in [6.07, 6.45) is 1.92. The number of hydrogen-bond donors (Lipinski definition) is 1. The molecule has 0 spiro atoms. The van der Waals surface area contributed by atoms with Gasteiger partial charge in [-0.2, -0.15) is 9.67 Å². The number of thioether (sulfide) groups is 1. The van der Waals surface area contributed by atoms with E-state index in [-0.39, 0.29) is 0 Å². The van der Waals surface area contributed by atoms with Gasteiger partial charge in [0.15, 0.2) is 0 Å². The third-order valence-electron chi connectivity index (χ3n) is 2.18. The molecular formula is C10H11BrN4S. The summed E-state index contributed by atoms with van der Waals surface area (Å²) in [7, 11) is 0. The molecule has 0 saturated heterocycles. The molecule has 6 heteroatoms. The number of hydrogen-bond acceptors (Lipinski definition) is 4. The number of halogens is 1. The first kappa shape index (κ1) is 11.5. The summed E-state index contributed by atoms with van der Waals surface area (Å²) in [6, 6.07) is 5.95. The Hall–Kier alpha value is -1.01. The van der Waals surface area contributed by atoms with E-state index in [0.29, 0.717) is 11.1 Å². The van der Waals surface area contributed by atoms with Gasteiger partial charge in [-0.3, -0.25) is 0 Å². The highest BCUT2D eigenvalue weighted by Gasteiger charge is 2.09. The molecule has 0 amide bonds. The maximum Gasteiger partial charge on any atom is 0.224 e. The molecule has 4 nitrogen and oxygen atoms in total. The van der Waals surface area contributed by atoms with Crippen LogP contribution in [0.4, 0.5) is 5.95 Å². The molecule has 2 N–H and O–H groups in total. The van der Waals surface area contributed by atoms with Crippen LogP contribution in [-0.4, -0.2) is 21.0 Å². The number of benzene rings is 1. The maximum atomic E-state index is 5.82. The number of nitrogen functional groups attached to an aromatic ring is 1. The molecule has 1 aromatic heterocycles. The van der Waals surface area contributed by atoms with Crippen molar-refractivity contribution in [3.63, 3.8) is 0 Å². The molecule has 0 radical (unpaired) electrons. The van der Waals surface area contributed by atoms with Crippen molar-refractivity contribution in [1.29, 1.82) is 0 Å². The molecule has 0 aliphatic carbocycles. The minimum atomic E-state index is 0.412. The Morgan fingerprint density at radius 2 is 2.19 bits per heavy atom. The zero-order chi connectivity index (χ0) is 11.7. The smallest absolute Gasteiger partial charge is 0.224 e. The van der Waals surface area contributed by atoms with Crippen LogP contribution in [0.3, 0.4) is 0 Å². The van der Waals surface area contributed by atoms with Crippen molar-refractivity contribution >= 4 is 33.6 Å². The van der Waals surface area contributed by atoms with Crippen molar-refractivity contribution in [2.24, 2.45) is 0 Å². The second-order valence-electron chi connectivity index (χ2n) is 3.30. The number of aryl methyl sites for hydroxylation is 1. The van der Waals surface area contributed by atoms with Gasteiger partial charge in [-0.05, 0) is 36.9 Å². The van der Waals surface area contributed by atoms with Crippen molar-refractivity contribution < 1.29 is 0 Å². The Labute approximate surface area is 106 Å². The number of nitrogens with two attached hydrogens (primary N) is 1. The Morgan fingerprint density at radius 1 is 1.44 bits per heavy atom. The number of rotatable bonds is 2. The molecule has 1 aromatic carbocycles. The lowest BCUT2D eigenvalue weighted by atomic mass is 10.2. The van der Waals surface area contributed by atoms with E-state index in [2.05, 4.69) is 26.0 Å². The summed E-state index contributed by atoms with van der Waals surface area (Å²) in [5, 5.41) is 5.00. The second kappa shape index (κ2) is 4.47. The van der Waals surface area contributed by atoms with Gasteiger partial charge in [0, 0.05) is 4.47 Å². The highest BCUT2D eigenvalue weighted by molar-refractivity contribution is 9.10. The van der Waals surface area contributed by atoms with Crippen molar-refractivity contribution in [3.05, 3.63) is 28.2 Å². The Balaban J connectivity index is 2.53. The lowest BCUT2D eigenvalue weighted by Crippen LogP contribution is -2.04. The monoisotopic (exact) mass is 298 g/mol. The summed E-state index contributed by atoms with van der Waals surface area (Å²) < 4.78 is 2.70. The van der Waals surface area contributed by atoms with Crippen LogP contribution in [0.5, 0.6) is 0 Å². The number of aromatic nitrogens is 3. The minimum Gasteiger partial charge on any atom is -0.368 e. The molecule has 0 saturated carbocycles. The average molecular weight is 299 g/mol. The molecule has 2 rings (SSSR count). The van der Waals surface area contributed by atoms with E-state index in [1.807, 2.05) is 31.4 Å². The van der Waals surface area contributed by atoms with Crippen LogP contribution in [0.1, 0.15) is 5.56 Å². The van der Waals surface area contributed by atoms with Crippen LogP contribution in [0, 0.1) is 6.92 Å². The SMILES string of the molecule is CSc1nc(N)n(-c2ccc(Br)cc2C)n1. The van der Waals surface area contributed by atoms with Gasteiger partial charge in [0.2, 0.25) is 11.1 Å². The summed E-state index contributed by atoms with van der Waals surface area (Å²) in [4.78, 5) is 4.15. The van der Waals surface area contributed by atoms with Crippen molar-refractivity contribution in [1.82, 2.24) is 14.8 Å². The van der Waals surface area contributed by atoms with Gasteiger partial charge in [0.1, 0.15) is 0 Å². The van der Waals surface area contributed by atoms with E-state index in [0.717, 1.165) is 15.7 Å². The molecule has 0 bridgehead atoms. The maximum absolute atomic E-state index is 5.82. The Bertz CT molecular complexity index is 524. The van der Waals surface area contributed by atoms with Crippen LogP contribution >= 0.6 is 27.7 Å². The molecule has 16 heavy (non-hydrogen) atoms. The Kier molecular flexibility index (Phi) is 3.20. The summed E-state index contributed by atoms with van der Waals surface area (Å²) >= 11 is 4.90. The molecule has 0 atom stereocenters. The average Bonchev–Trinajstić information content (AvgIpc) is 2.60. The number of nitrogens with zero attached hydrogens (tertiary/aromatic N) is 3. The first-order valence-electron chi connectivity index (χ1n) is 4.65. The Morgan fingerprint density at radius 3 is 2.75 bits per heavy atom. The zero-order valence-corrected chi connectivity index (χ0v) is 11.3. The molecule has 1 heterocycles. The molecule has 0 unspecified atom stereocenters. The molecule has 0 fully saturated rings. The topological polar surface area (TPSA) is 56.7 Å². The predicted octanol–water partition coefficient (Wildman–Crippen LogP) is 2.64. The first-order valence-corrected chi connectivity index (χ1v) is 6.66. The van der Waals surface area contributed by atoms with Gasteiger partial charge in [0.25, 0.3) is 0 Å². The molecule has 0 aliphatic rings. The molecule has 0 aliphatic heterocycles. The van der Waals surface area contributed by atoms with E-state index < -0.39 is 0 Å². The number of anilines is 1. The van der Waals surface area contributed by atoms with Crippen molar-refractivity contribution in [3.8, 4) is 5.69 Å². The normalized spacial score (nSPS) is 10.7. The minimum absolute atomic E-state index is 0.412. The van der Waals surface area contributed by atoms with E-state index in [4.69, 9.17) is 5.73 Å². The van der Waals surface area contributed by atoms with Crippen LogP contribution in [0.15, 0.2) is 27.8 Å². The van der Waals surface area contributed by atoms with Crippen molar-refractivity contribution in [2.75, 3.05) is 12.0 Å². The molecular weight excluding hydrogens is 288 g/mol. The van der Waals surface area contributed by atoms with E-state index >= 15 is 0 Å². The lowest BCUT2D eigenvalue weighted by Gasteiger charge is -2.06. The summed E-state index contributed by atoms with van der Waals surface area (Å²) in [6.45, 7) is 2.01. The molecule has 84 valence electrons. The van der Waals surface area contributed by atoms with E-state index in [1.54, 1.807) is 4.68 Å². The fraction of sp³-hybridized carbons (Fsp3) is 0.200. The second-order valence-corrected chi connectivity index (χ2v) is 4.99. The summed E-state index contributed by atoms with van der Waals surface area (Å²) in [5.41, 5.74) is 7.87. The van der Waals surface area contributed by atoms with Crippen LogP contribution in [0.25, 0.3) is 5.69 Å². The quantitative estimate of drug-likeness (QED) is 0.866. The standard InChI is InChI=1S/C10H11BrN4S/c1-6-5-7(11)3-4-8(6)15-9(12)13-10(14-15)16-2/h3-5H,1-2H3,(H2,12,13,14). The highest BCUT2D eigenvalue weighted by atomic mass is 79.9. The van der Waals surface area contributed by atoms with Gasteiger partial charge < -0.3 is 5.73 Å². The fourth-order valence-electron chi connectivity index (χ4n) is 1.42. The van der Waals surface area contributed by atoms with Gasteiger partial charge >= 0.3 is 0 Å². The highest BCUT2D eigenvalue weighted by Crippen LogP contribution is 2.22. The van der Waals surface area contributed by atoms with Gasteiger partial charge in [-0.1, -0.05) is 27.7 Å². The summed E-state index contributed by atoms with van der Waals surface area (Å²) in [5.74, 6) is 0.412. The van der Waals surface area contributed by atoms with E-state index in [1.165, 1.54) is 11.8 Å². The largest absolute Gasteiger partial charge is 0.368 e. The van der Waals surface area contributed by atoms with Crippen LogP contribution in [-0.2, 0) is 0 Å². The first-order chi connectivity index (χ1) is 7.61. The van der Waals surface area contributed by atoms with Gasteiger partial charge in [-0.25, -0.2) is 0 Å². The zero-order valence-electron chi connectivity index (χ0n) is 8.94. The van der Waals surface area contributed by atoms with Crippen LogP contribution in [0.2, 0.25) is 0 Å². The van der Waals surface area contributed by atoms with Crippen LogP contribution < -0.4 is 5.73 Å². The fourth-order valence-corrected chi connectivity index (χ4v) is 2.25. The lowest BCUT2D eigenvalue weighted by molar-refractivity contribution is 0.836. The third kappa shape index (κ3) is 2.08. The van der Waals surface area contributed by atoms with E-state index in [9.17, 15) is 0 Å². The molecule has 2 aromatic rings. The third-order valence-corrected chi connectivity index (χ3v) is 3.21. The van der Waals surface area contributed by atoms with Gasteiger partial charge in [-0.15, -0.1) is 5.10 Å². The van der Waals surface area contributed by atoms with Gasteiger partial charge in [0.05, 0.1) is 5.69 Å². The predicted molar refractivity (Wildman–Crippen MR) is 70.0 cm³/mol. The van der Waals surface area contributed by atoms with Crippen molar-refractivity contribution in [2.45, 2.75) is 12.1 Å².